The highest BCUT2D eigenvalue weighted by Gasteiger charge is 2.25. The van der Waals surface area contributed by atoms with E-state index in [0.717, 1.165) is 12.8 Å². The molecule has 0 spiro atoms. The van der Waals surface area contributed by atoms with Crippen molar-refractivity contribution in [3.8, 4) is 17.2 Å². The van der Waals surface area contributed by atoms with Crippen LogP contribution in [-0.4, -0.2) is 65.8 Å². The van der Waals surface area contributed by atoms with E-state index in [9.17, 15) is 14.4 Å². The topological polar surface area (TPSA) is 142 Å². The summed E-state index contributed by atoms with van der Waals surface area (Å²) in [5.74, 6) is 1.16. The number of likely N-dealkylation sites (tertiary alicyclic amines) is 1. The number of carbonyl (C=O) groups is 3. The molecule has 4 N–H and O–H groups in total. The summed E-state index contributed by atoms with van der Waals surface area (Å²) in [7, 11) is 1.49. The van der Waals surface area contributed by atoms with Crippen LogP contribution in [0.2, 0.25) is 5.02 Å². The molecule has 3 aromatic rings. The Morgan fingerprint density at radius 2 is 1.85 bits per heavy atom. The standard InChI is InChI=1S/C28H30ClN5O6/c1-39-25-14-23-19(13-20(25)26(35)31-15-16-7-10-34(11-8-16)28(37)38)24(6-9-30-23)40-18-4-5-22(21(29)12-18)33-27(36)32-17-2-3-17/h4-6,9,12-14,16-17H,2-3,7-8,10-11,15H2,1H3,(H,31,35)(H,37,38)(H2,32,33,36). The SMILES string of the molecule is COc1cc2nccc(Oc3ccc(NC(=O)NC4CC4)c(Cl)c3)c2cc1C(=O)NCC1CCN(C(=O)O)CC1. The summed E-state index contributed by atoms with van der Waals surface area (Å²) in [6.45, 7) is 1.34. The summed E-state index contributed by atoms with van der Waals surface area (Å²) >= 11 is 6.40. The molecule has 11 nitrogen and oxygen atoms in total. The number of rotatable bonds is 8. The highest BCUT2D eigenvalue weighted by Crippen LogP contribution is 2.35. The molecule has 0 atom stereocenters. The summed E-state index contributed by atoms with van der Waals surface area (Å²) in [4.78, 5) is 42.2. The number of amides is 4. The van der Waals surface area contributed by atoms with Gasteiger partial charge >= 0.3 is 12.1 Å². The summed E-state index contributed by atoms with van der Waals surface area (Å²) in [5, 5.41) is 18.6. The number of halogens is 1. The van der Waals surface area contributed by atoms with Gasteiger partial charge in [-0.3, -0.25) is 9.78 Å². The first-order valence-corrected chi connectivity index (χ1v) is 13.5. The average molecular weight is 568 g/mol. The Kier molecular flexibility index (Phi) is 8.11. The molecule has 12 heteroatoms. The number of benzene rings is 2. The number of anilines is 1. The average Bonchev–Trinajstić information content (AvgIpc) is 3.76. The molecule has 1 aromatic heterocycles. The Bertz CT molecular complexity index is 1440. The third-order valence-corrected chi connectivity index (χ3v) is 7.35. The fourth-order valence-electron chi connectivity index (χ4n) is 4.60. The van der Waals surface area contributed by atoms with E-state index in [1.165, 1.54) is 12.0 Å². The maximum Gasteiger partial charge on any atom is 0.407 e. The van der Waals surface area contributed by atoms with Crippen molar-refractivity contribution in [2.45, 2.75) is 31.7 Å². The maximum atomic E-state index is 13.2. The Balaban J connectivity index is 1.30. The number of piperidine rings is 1. The van der Waals surface area contributed by atoms with Gasteiger partial charge in [-0.15, -0.1) is 0 Å². The Hall–Kier alpha value is -4.25. The van der Waals surface area contributed by atoms with Crippen molar-refractivity contribution in [3.63, 3.8) is 0 Å². The molecular weight excluding hydrogens is 538 g/mol. The normalized spacial score (nSPS) is 15.4. The van der Waals surface area contributed by atoms with Gasteiger partial charge in [0.25, 0.3) is 5.91 Å². The minimum absolute atomic E-state index is 0.188. The molecule has 1 aliphatic heterocycles. The lowest BCUT2D eigenvalue weighted by Crippen LogP contribution is -2.40. The van der Waals surface area contributed by atoms with Gasteiger partial charge in [-0.1, -0.05) is 11.6 Å². The van der Waals surface area contributed by atoms with Gasteiger partial charge in [-0.05, 0) is 55.9 Å². The second kappa shape index (κ2) is 11.9. The first-order valence-electron chi connectivity index (χ1n) is 13.1. The van der Waals surface area contributed by atoms with Crippen molar-refractivity contribution >= 4 is 46.2 Å². The maximum absolute atomic E-state index is 13.2. The van der Waals surface area contributed by atoms with Crippen molar-refractivity contribution in [3.05, 3.63) is 53.2 Å². The lowest BCUT2D eigenvalue weighted by molar-refractivity contribution is 0.0926. The zero-order valence-electron chi connectivity index (χ0n) is 21.9. The molecule has 1 saturated heterocycles. The van der Waals surface area contributed by atoms with Gasteiger partial charge in [-0.2, -0.15) is 0 Å². The van der Waals surface area contributed by atoms with Crippen molar-refractivity contribution < 1.29 is 29.0 Å². The number of urea groups is 1. The number of pyridine rings is 1. The highest BCUT2D eigenvalue weighted by molar-refractivity contribution is 6.33. The van der Waals surface area contributed by atoms with E-state index in [1.54, 1.807) is 42.6 Å². The summed E-state index contributed by atoms with van der Waals surface area (Å²) in [6.07, 6.45) is 4.02. The molecule has 4 amide bonds. The first kappa shape index (κ1) is 27.3. The second-order valence-electron chi connectivity index (χ2n) is 9.92. The number of carboxylic acid groups (broad SMARTS) is 1. The highest BCUT2D eigenvalue weighted by atomic mass is 35.5. The number of nitrogens with zero attached hydrogens (tertiary/aromatic N) is 2. The fraction of sp³-hybridized carbons (Fsp3) is 0.357. The van der Waals surface area contributed by atoms with Gasteiger partial charge in [0.1, 0.15) is 17.2 Å². The number of ether oxygens (including phenoxy) is 2. The van der Waals surface area contributed by atoms with Crippen LogP contribution in [0, 0.1) is 5.92 Å². The molecule has 5 rings (SSSR count). The van der Waals surface area contributed by atoms with Crippen LogP contribution in [-0.2, 0) is 0 Å². The number of carbonyl (C=O) groups excluding carboxylic acids is 2. The van der Waals surface area contributed by atoms with E-state index in [0.29, 0.717) is 76.9 Å². The molecule has 40 heavy (non-hydrogen) atoms. The van der Waals surface area contributed by atoms with Gasteiger partial charge in [0.2, 0.25) is 0 Å². The molecule has 2 aromatic carbocycles. The van der Waals surface area contributed by atoms with Crippen LogP contribution in [0.15, 0.2) is 42.6 Å². The van der Waals surface area contributed by atoms with Crippen LogP contribution in [0.3, 0.4) is 0 Å². The monoisotopic (exact) mass is 567 g/mol. The summed E-state index contributed by atoms with van der Waals surface area (Å²) in [6, 6.07) is 9.93. The van der Waals surface area contributed by atoms with E-state index in [-0.39, 0.29) is 23.9 Å². The fourth-order valence-corrected chi connectivity index (χ4v) is 4.82. The third kappa shape index (κ3) is 6.48. The molecule has 2 heterocycles. The number of fused-ring (bicyclic) bond motifs is 1. The van der Waals surface area contributed by atoms with E-state index in [2.05, 4.69) is 20.9 Å². The molecule has 0 bridgehead atoms. The van der Waals surface area contributed by atoms with Crippen molar-refractivity contribution in [1.29, 1.82) is 0 Å². The van der Waals surface area contributed by atoms with E-state index in [1.807, 2.05) is 0 Å². The van der Waals surface area contributed by atoms with E-state index >= 15 is 0 Å². The quantitative estimate of drug-likeness (QED) is 0.297. The minimum Gasteiger partial charge on any atom is -0.496 e. The zero-order valence-corrected chi connectivity index (χ0v) is 22.7. The van der Waals surface area contributed by atoms with E-state index in [4.69, 9.17) is 26.2 Å². The summed E-state index contributed by atoms with van der Waals surface area (Å²) in [5.41, 5.74) is 1.37. The number of hydrogen-bond donors (Lipinski definition) is 4. The number of nitrogens with one attached hydrogen (secondary N) is 3. The Morgan fingerprint density at radius 1 is 1.07 bits per heavy atom. The molecule has 2 fully saturated rings. The predicted octanol–water partition coefficient (Wildman–Crippen LogP) is 5.09. The largest absolute Gasteiger partial charge is 0.496 e. The minimum atomic E-state index is -0.916. The lowest BCUT2D eigenvalue weighted by atomic mass is 9.97. The van der Waals surface area contributed by atoms with Crippen LogP contribution in [0.1, 0.15) is 36.0 Å². The van der Waals surface area contributed by atoms with Gasteiger partial charge in [0, 0.05) is 49.4 Å². The van der Waals surface area contributed by atoms with Crippen molar-refractivity contribution in [1.82, 2.24) is 20.5 Å². The number of methoxy groups -OCH3 is 1. The van der Waals surface area contributed by atoms with Gasteiger partial charge in [-0.25, -0.2) is 9.59 Å². The molecule has 2 aliphatic rings. The van der Waals surface area contributed by atoms with Crippen LogP contribution in [0.25, 0.3) is 10.9 Å². The smallest absolute Gasteiger partial charge is 0.407 e. The van der Waals surface area contributed by atoms with Gasteiger partial charge < -0.3 is 35.4 Å². The number of aromatic nitrogens is 1. The van der Waals surface area contributed by atoms with Gasteiger partial charge in [0.15, 0.2) is 0 Å². The zero-order chi connectivity index (χ0) is 28.2. The molecule has 0 radical (unpaired) electrons. The predicted molar refractivity (Wildman–Crippen MR) is 150 cm³/mol. The molecule has 1 saturated carbocycles. The Labute approximate surface area is 235 Å². The van der Waals surface area contributed by atoms with Crippen LogP contribution < -0.4 is 25.4 Å². The van der Waals surface area contributed by atoms with Crippen LogP contribution in [0.5, 0.6) is 17.2 Å². The van der Waals surface area contributed by atoms with Crippen LogP contribution >= 0.6 is 11.6 Å². The molecule has 1 aliphatic carbocycles. The number of hydrogen-bond acceptors (Lipinski definition) is 6. The van der Waals surface area contributed by atoms with Crippen molar-refractivity contribution in [2.24, 2.45) is 5.92 Å². The Morgan fingerprint density at radius 3 is 2.52 bits per heavy atom. The third-order valence-electron chi connectivity index (χ3n) is 7.03. The lowest BCUT2D eigenvalue weighted by Gasteiger charge is -2.30. The van der Waals surface area contributed by atoms with Gasteiger partial charge in [0.05, 0.1) is 28.9 Å². The molecule has 210 valence electrons. The van der Waals surface area contributed by atoms with Crippen molar-refractivity contribution in [2.75, 3.05) is 32.1 Å². The van der Waals surface area contributed by atoms with Crippen LogP contribution in [0.4, 0.5) is 15.3 Å². The molecular formula is C28H30ClN5O6. The summed E-state index contributed by atoms with van der Waals surface area (Å²) < 4.78 is 11.6. The van der Waals surface area contributed by atoms with E-state index < -0.39 is 6.09 Å². The first-order chi connectivity index (χ1) is 19.3. The molecule has 0 unspecified atom stereocenters. The second-order valence-corrected chi connectivity index (χ2v) is 10.3.